The fourth-order valence-electron chi connectivity index (χ4n) is 8.87. The number of allylic oxidation sites excluding steroid dienone is 1. The van der Waals surface area contributed by atoms with Gasteiger partial charge in [0.1, 0.15) is 30.1 Å². The Hall–Kier alpha value is -6.15. The number of aliphatic hydroxyl groups excluding tert-OH is 1. The van der Waals surface area contributed by atoms with E-state index in [0.717, 1.165) is 19.6 Å². The molecule has 2 fully saturated rings. The zero-order valence-electron chi connectivity index (χ0n) is 35.3. The number of benzene rings is 3. The molecule has 0 aliphatic heterocycles. The van der Waals surface area contributed by atoms with Crippen molar-refractivity contribution in [1.29, 1.82) is 0 Å². The van der Waals surface area contributed by atoms with Gasteiger partial charge in [-0.25, -0.2) is 9.59 Å². The monoisotopic (exact) mass is 841 g/mol. The highest BCUT2D eigenvalue weighted by molar-refractivity contribution is 5.95. The average Bonchev–Trinajstić information content (AvgIpc) is 3.24. The molecule has 2 saturated carbocycles. The van der Waals surface area contributed by atoms with E-state index in [-0.39, 0.29) is 25.1 Å². The minimum Gasteiger partial charge on any atom is -0.481 e. The van der Waals surface area contributed by atoms with E-state index in [0.29, 0.717) is 41.5 Å². The van der Waals surface area contributed by atoms with Crippen molar-refractivity contribution in [3.8, 4) is 0 Å². The van der Waals surface area contributed by atoms with Gasteiger partial charge in [-0.2, -0.15) is 0 Å². The van der Waals surface area contributed by atoms with Crippen molar-refractivity contribution in [2.45, 2.75) is 97.2 Å². The highest BCUT2D eigenvalue weighted by Crippen LogP contribution is 2.55. The summed E-state index contributed by atoms with van der Waals surface area (Å²) in [5, 5.41) is 17.3. The molecule has 61 heavy (non-hydrogen) atoms. The summed E-state index contributed by atoms with van der Waals surface area (Å²) in [5.41, 5.74) is 1.89. The lowest BCUT2D eigenvalue weighted by Crippen LogP contribution is -2.57. The van der Waals surface area contributed by atoms with E-state index >= 15 is 0 Å². The van der Waals surface area contributed by atoms with Gasteiger partial charge in [-0.3, -0.25) is 24.0 Å². The Kier molecular flexibility index (Phi) is 17.1. The summed E-state index contributed by atoms with van der Waals surface area (Å²) in [7, 11) is 1.00. The first-order valence-electron chi connectivity index (χ1n) is 20.1. The summed E-state index contributed by atoms with van der Waals surface area (Å²) in [6, 6.07) is 24.5. The Morgan fingerprint density at radius 2 is 1.38 bits per heavy atom. The van der Waals surface area contributed by atoms with Crippen LogP contribution >= 0.6 is 0 Å². The molecule has 14 heteroatoms. The van der Waals surface area contributed by atoms with Crippen LogP contribution in [0.1, 0.15) is 99.0 Å². The molecule has 14 nitrogen and oxygen atoms in total. The van der Waals surface area contributed by atoms with E-state index in [4.69, 9.17) is 34.0 Å². The topological polar surface area (TPSA) is 209 Å². The second-order valence-electron chi connectivity index (χ2n) is 15.7. The number of nitrogens with one attached hydrogen (secondary N) is 1. The summed E-state index contributed by atoms with van der Waals surface area (Å²) in [5.74, 6) is -5.04. The van der Waals surface area contributed by atoms with Crippen molar-refractivity contribution in [2.24, 2.45) is 23.2 Å². The molecule has 0 saturated heterocycles. The van der Waals surface area contributed by atoms with Crippen molar-refractivity contribution in [3.05, 3.63) is 119 Å². The number of hydrogen-bond donors (Lipinski definition) is 3. The molecule has 3 aliphatic carbocycles. The molecular formula is C47H55NO13. The highest BCUT2D eigenvalue weighted by atomic mass is 16.6. The Labute approximate surface area is 355 Å². The number of esters is 3. The predicted octanol–water partition coefficient (Wildman–Crippen LogP) is 6.22. The fourth-order valence-corrected chi connectivity index (χ4v) is 8.87. The molecular weight excluding hydrogens is 787 g/mol. The largest absolute Gasteiger partial charge is 0.481 e. The highest BCUT2D eigenvalue weighted by Gasteiger charge is 2.57. The maximum absolute atomic E-state index is 14.3. The van der Waals surface area contributed by atoms with Gasteiger partial charge >= 0.3 is 17.9 Å². The van der Waals surface area contributed by atoms with Crippen molar-refractivity contribution in [1.82, 2.24) is 5.32 Å². The van der Waals surface area contributed by atoms with E-state index in [9.17, 15) is 28.8 Å². The van der Waals surface area contributed by atoms with Gasteiger partial charge in [0.25, 0.3) is 18.3 Å². The van der Waals surface area contributed by atoms with Gasteiger partial charge in [0.15, 0.2) is 0 Å². The molecule has 4 unspecified atom stereocenters. The number of fused-ring (bicyclic) bond motifs is 3. The van der Waals surface area contributed by atoms with Crippen LogP contribution in [0.3, 0.4) is 0 Å². The lowest BCUT2D eigenvalue weighted by molar-refractivity contribution is -0.174. The Morgan fingerprint density at radius 1 is 0.820 bits per heavy atom. The summed E-state index contributed by atoms with van der Waals surface area (Å²) in [6.45, 7) is 8.38. The minimum absolute atomic E-state index is 0.0644. The smallest absolute Gasteiger partial charge is 0.350 e. The molecule has 326 valence electrons. The van der Waals surface area contributed by atoms with Crippen molar-refractivity contribution in [2.75, 3.05) is 7.11 Å². The van der Waals surface area contributed by atoms with E-state index in [1.54, 1.807) is 91.0 Å². The van der Waals surface area contributed by atoms with Crippen LogP contribution in [0, 0.1) is 23.2 Å². The SMILES string of the molecule is CC(=O)O.CC(=O)O[C@H]1CCCC2C(=O)CC3=C(C)[C@@H](OC(=O)[C@H](OC=O)C(NC(=O)c4ccccc4)c4ccccc4)CC(C(OC(=O)c4ccccc4)[C@@H]21)C3(C)C.CO. The molecule has 2 bridgehead atoms. The maximum atomic E-state index is 14.3. The summed E-state index contributed by atoms with van der Waals surface area (Å²) in [6.07, 6.45) is -2.11. The van der Waals surface area contributed by atoms with Crippen LogP contribution in [0.25, 0.3) is 0 Å². The van der Waals surface area contributed by atoms with Crippen LogP contribution in [-0.4, -0.2) is 83.8 Å². The first-order chi connectivity index (χ1) is 29.1. The van der Waals surface area contributed by atoms with Crippen LogP contribution in [0.2, 0.25) is 0 Å². The van der Waals surface area contributed by atoms with Gasteiger partial charge in [0.2, 0.25) is 6.10 Å². The lowest BCUT2D eigenvalue weighted by Gasteiger charge is -2.53. The van der Waals surface area contributed by atoms with Gasteiger partial charge in [0, 0.05) is 50.7 Å². The molecule has 3 aliphatic rings. The molecule has 3 aromatic rings. The van der Waals surface area contributed by atoms with Crippen molar-refractivity contribution < 1.29 is 62.7 Å². The van der Waals surface area contributed by atoms with Crippen LogP contribution in [-0.2, 0) is 42.9 Å². The number of aliphatic carboxylic acids is 1. The second kappa shape index (κ2) is 21.9. The zero-order chi connectivity index (χ0) is 44.9. The van der Waals surface area contributed by atoms with Gasteiger partial charge in [-0.05, 0) is 73.4 Å². The quantitative estimate of drug-likeness (QED) is 0.0849. The van der Waals surface area contributed by atoms with Gasteiger partial charge < -0.3 is 34.5 Å². The molecule has 8 atom stereocenters. The molecule has 0 radical (unpaired) electrons. The molecule has 0 aromatic heterocycles. The number of ether oxygens (including phenoxy) is 4. The normalized spacial score (nSPS) is 23.4. The number of aliphatic hydroxyl groups is 1. The second-order valence-corrected chi connectivity index (χ2v) is 15.7. The first-order valence-corrected chi connectivity index (χ1v) is 20.1. The minimum atomic E-state index is -1.59. The maximum Gasteiger partial charge on any atom is 0.350 e. The average molecular weight is 842 g/mol. The van der Waals surface area contributed by atoms with Gasteiger partial charge in [0.05, 0.1) is 5.56 Å². The molecule has 0 spiro atoms. The number of carbonyl (C=O) groups is 7. The van der Waals surface area contributed by atoms with Gasteiger partial charge in [-0.1, -0.05) is 86.2 Å². The molecule has 6 rings (SSSR count). The van der Waals surface area contributed by atoms with E-state index in [1.165, 1.54) is 6.92 Å². The Bertz CT molecular complexity index is 2030. The number of Topliss-reactive ketones (excluding diaryl/α,β-unsaturated/α-hetero) is 1. The first kappa shape index (κ1) is 47.5. The third-order valence-electron chi connectivity index (χ3n) is 11.6. The van der Waals surface area contributed by atoms with Crippen molar-refractivity contribution in [3.63, 3.8) is 0 Å². The van der Waals surface area contributed by atoms with E-state index < -0.39 is 83.4 Å². The summed E-state index contributed by atoms with van der Waals surface area (Å²) < 4.78 is 24.0. The lowest BCUT2D eigenvalue weighted by atomic mass is 9.55. The predicted molar refractivity (Wildman–Crippen MR) is 222 cm³/mol. The third kappa shape index (κ3) is 11.8. The number of carboxylic acids is 1. The number of rotatable bonds is 11. The Balaban J connectivity index is 0.00000129. The zero-order valence-corrected chi connectivity index (χ0v) is 35.3. The molecule has 3 N–H and O–H groups in total. The molecule has 3 aromatic carbocycles. The molecule has 0 heterocycles. The van der Waals surface area contributed by atoms with Crippen LogP contribution in [0.5, 0.6) is 0 Å². The summed E-state index contributed by atoms with van der Waals surface area (Å²) in [4.78, 5) is 89.3. The number of hydrogen-bond acceptors (Lipinski definition) is 12. The van der Waals surface area contributed by atoms with E-state index in [2.05, 4.69) is 5.32 Å². The van der Waals surface area contributed by atoms with Crippen LogP contribution in [0.15, 0.2) is 102 Å². The Morgan fingerprint density at radius 3 is 1.93 bits per heavy atom. The number of ketones is 1. The van der Waals surface area contributed by atoms with Crippen LogP contribution < -0.4 is 5.32 Å². The van der Waals surface area contributed by atoms with Gasteiger partial charge in [-0.15, -0.1) is 0 Å². The van der Waals surface area contributed by atoms with E-state index in [1.807, 2.05) is 20.8 Å². The fraction of sp³-hybridized carbons (Fsp3) is 0.426. The standard InChI is InChI=1S/C44H47NO10.C2H4O2.CH4O/c1-26-32-23-34(48)31-21-14-22-35(53-27(2)47)37(31)39(55-42(50)30-19-12-7-13-20-30)33(44(32,3)4)24-36(26)54-43(51)40(52-25-46)38(28-15-8-5-9-16-28)45-41(49)29-17-10-6-11-18-29;1-2(3)4;1-2/h5-13,15-20,25,31,33,35-40H,14,21-24H2,1-4H3,(H,45,49);1H3,(H,3,4);2H,1H3/t31?,33?,35-,36-,37-,38?,39?,40+;;/m0../s1. The summed E-state index contributed by atoms with van der Waals surface area (Å²) >= 11 is 0. The number of amides is 1. The van der Waals surface area contributed by atoms with Crippen molar-refractivity contribution >= 4 is 42.0 Å². The number of carbonyl (C=O) groups excluding carboxylic acids is 6. The number of carboxylic acid groups (broad SMARTS) is 1. The van der Waals surface area contributed by atoms with Crippen LogP contribution in [0.4, 0.5) is 0 Å². The molecule has 1 amide bonds. The third-order valence-corrected chi connectivity index (χ3v) is 11.6.